The number of fused-ring (bicyclic) bond motifs is 1. The highest BCUT2D eigenvalue weighted by atomic mass is 16.2. The van der Waals surface area contributed by atoms with Crippen LogP contribution in [0, 0.1) is 5.92 Å². The molecule has 1 saturated heterocycles. The summed E-state index contributed by atoms with van der Waals surface area (Å²) < 4.78 is 0. The van der Waals surface area contributed by atoms with E-state index in [1.807, 2.05) is 0 Å². The van der Waals surface area contributed by atoms with Gasteiger partial charge in [-0.3, -0.25) is 4.79 Å². The quantitative estimate of drug-likeness (QED) is 0.788. The highest BCUT2D eigenvalue weighted by Crippen LogP contribution is 2.33. The Kier molecular flexibility index (Phi) is 4.43. The first kappa shape index (κ1) is 12.9. The molecule has 17 heavy (non-hydrogen) atoms. The molecule has 3 heteroatoms. The Bertz CT molecular complexity index is 249. The van der Waals surface area contributed by atoms with Crippen molar-refractivity contribution in [1.29, 1.82) is 0 Å². The Morgan fingerprint density at radius 1 is 1.29 bits per heavy atom. The fourth-order valence-electron chi connectivity index (χ4n) is 3.32. The van der Waals surface area contributed by atoms with Crippen LogP contribution in [0.1, 0.15) is 58.8 Å². The van der Waals surface area contributed by atoms with Gasteiger partial charge in [-0.25, -0.2) is 0 Å². The van der Waals surface area contributed by atoms with E-state index in [9.17, 15) is 4.79 Å². The second-order valence-electron chi connectivity index (χ2n) is 5.63. The number of carbonyl (C=O) groups excluding carboxylic acids is 1. The Labute approximate surface area is 105 Å². The van der Waals surface area contributed by atoms with Crippen LogP contribution in [0.3, 0.4) is 0 Å². The van der Waals surface area contributed by atoms with E-state index in [0.717, 1.165) is 25.2 Å². The van der Waals surface area contributed by atoms with Crippen LogP contribution in [0.2, 0.25) is 0 Å². The number of amides is 1. The van der Waals surface area contributed by atoms with Crippen molar-refractivity contribution >= 4 is 5.91 Å². The second-order valence-corrected chi connectivity index (χ2v) is 5.63. The molecule has 1 saturated carbocycles. The van der Waals surface area contributed by atoms with Crippen LogP contribution < -0.4 is 10.6 Å². The van der Waals surface area contributed by atoms with Crippen molar-refractivity contribution in [2.75, 3.05) is 0 Å². The first-order chi connectivity index (χ1) is 8.24. The van der Waals surface area contributed by atoms with Crippen molar-refractivity contribution in [3.8, 4) is 0 Å². The van der Waals surface area contributed by atoms with Gasteiger partial charge in [0.25, 0.3) is 0 Å². The largest absolute Gasteiger partial charge is 0.352 e. The summed E-state index contributed by atoms with van der Waals surface area (Å²) in [6, 6.07) is 1.04. The van der Waals surface area contributed by atoms with Gasteiger partial charge in [-0.05, 0) is 38.0 Å². The van der Waals surface area contributed by atoms with E-state index in [0.29, 0.717) is 12.1 Å². The molecule has 1 aliphatic heterocycles. The van der Waals surface area contributed by atoms with E-state index in [1.165, 1.54) is 25.7 Å². The Morgan fingerprint density at radius 3 is 2.65 bits per heavy atom. The fourth-order valence-corrected chi connectivity index (χ4v) is 3.32. The third kappa shape index (κ3) is 3.01. The number of rotatable bonds is 4. The molecule has 1 amide bonds. The van der Waals surface area contributed by atoms with Gasteiger partial charge >= 0.3 is 0 Å². The van der Waals surface area contributed by atoms with Gasteiger partial charge in [-0.15, -0.1) is 0 Å². The Morgan fingerprint density at radius 2 is 2.00 bits per heavy atom. The van der Waals surface area contributed by atoms with Crippen LogP contribution in [0.15, 0.2) is 0 Å². The van der Waals surface area contributed by atoms with Crippen LogP contribution in [0.4, 0.5) is 0 Å². The standard InChI is InChI=1S/C14H26N2O/c1-3-11(4-2)15-14(17)13-9-10-7-5-6-8-12(10)16-13/h10-13,16H,3-9H2,1-2H3,(H,15,17). The summed E-state index contributed by atoms with van der Waals surface area (Å²) in [5.41, 5.74) is 0. The van der Waals surface area contributed by atoms with E-state index >= 15 is 0 Å². The van der Waals surface area contributed by atoms with Gasteiger partial charge in [-0.1, -0.05) is 26.7 Å². The number of hydrogen-bond acceptors (Lipinski definition) is 2. The SMILES string of the molecule is CCC(CC)NC(=O)C1CC2CCCCC2N1. The molecule has 3 unspecified atom stereocenters. The number of hydrogen-bond donors (Lipinski definition) is 2. The Hall–Kier alpha value is -0.570. The van der Waals surface area contributed by atoms with Gasteiger partial charge in [0.2, 0.25) is 5.91 Å². The molecule has 1 aliphatic carbocycles. The molecule has 1 heterocycles. The molecular formula is C14H26N2O. The van der Waals surface area contributed by atoms with Gasteiger partial charge in [-0.2, -0.15) is 0 Å². The minimum atomic E-state index is 0.0729. The van der Waals surface area contributed by atoms with Crippen molar-refractivity contribution in [3.63, 3.8) is 0 Å². The molecule has 2 rings (SSSR count). The lowest BCUT2D eigenvalue weighted by Crippen LogP contribution is -2.46. The maximum Gasteiger partial charge on any atom is 0.237 e. The summed E-state index contributed by atoms with van der Waals surface area (Å²) in [4.78, 5) is 12.1. The first-order valence-corrected chi connectivity index (χ1v) is 7.31. The summed E-state index contributed by atoms with van der Waals surface area (Å²) in [6.07, 6.45) is 8.37. The molecule has 0 aromatic carbocycles. The molecule has 98 valence electrons. The Balaban J connectivity index is 1.84. The van der Waals surface area contributed by atoms with E-state index in [1.54, 1.807) is 0 Å². The van der Waals surface area contributed by atoms with Crippen molar-refractivity contribution in [1.82, 2.24) is 10.6 Å². The van der Waals surface area contributed by atoms with Crippen LogP contribution in [0.5, 0.6) is 0 Å². The molecule has 2 aliphatic rings. The molecule has 3 nitrogen and oxygen atoms in total. The molecule has 3 atom stereocenters. The van der Waals surface area contributed by atoms with E-state index in [2.05, 4.69) is 24.5 Å². The van der Waals surface area contributed by atoms with E-state index < -0.39 is 0 Å². The highest BCUT2D eigenvalue weighted by molar-refractivity contribution is 5.82. The van der Waals surface area contributed by atoms with Crippen LogP contribution in [0.25, 0.3) is 0 Å². The molecule has 0 radical (unpaired) electrons. The van der Waals surface area contributed by atoms with Crippen LogP contribution >= 0.6 is 0 Å². The zero-order valence-electron chi connectivity index (χ0n) is 11.2. The smallest absolute Gasteiger partial charge is 0.237 e. The monoisotopic (exact) mass is 238 g/mol. The van der Waals surface area contributed by atoms with Crippen molar-refractivity contribution in [3.05, 3.63) is 0 Å². The topological polar surface area (TPSA) is 41.1 Å². The molecule has 0 aromatic heterocycles. The fraction of sp³-hybridized carbons (Fsp3) is 0.929. The van der Waals surface area contributed by atoms with Crippen LogP contribution in [-0.4, -0.2) is 24.0 Å². The first-order valence-electron chi connectivity index (χ1n) is 7.31. The zero-order valence-corrected chi connectivity index (χ0v) is 11.2. The summed E-state index contributed by atoms with van der Waals surface area (Å²) in [5.74, 6) is 0.981. The molecule has 2 N–H and O–H groups in total. The predicted molar refractivity (Wildman–Crippen MR) is 69.8 cm³/mol. The van der Waals surface area contributed by atoms with Gasteiger partial charge in [0, 0.05) is 12.1 Å². The zero-order chi connectivity index (χ0) is 12.3. The molecular weight excluding hydrogens is 212 g/mol. The lowest BCUT2D eigenvalue weighted by molar-refractivity contribution is -0.123. The third-order valence-electron chi connectivity index (χ3n) is 4.51. The average molecular weight is 238 g/mol. The minimum absolute atomic E-state index is 0.0729. The minimum Gasteiger partial charge on any atom is -0.352 e. The number of carbonyl (C=O) groups is 1. The maximum atomic E-state index is 12.1. The summed E-state index contributed by atoms with van der Waals surface area (Å²) >= 11 is 0. The maximum absolute atomic E-state index is 12.1. The van der Waals surface area contributed by atoms with Crippen molar-refractivity contribution < 1.29 is 4.79 Å². The van der Waals surface area contributed by atoms with Crippen molar-refractivity contribution in [2.45, 2.75) is 76.9 Å². The van der Waals surface area contributed by atoms with Gasteiger partial charge in [0.05, 0.1) is 6.04 Å². The molecule has 0 bridgehead atoms. The second kappa shape index (κ2) is 5.85. The van der Waals surface area contributed by atoms with E-state index in [-0.39, 0.29) is 11.9 Å². The van der Waals surface area contributed by atoms with E-state index in [4.69, 9.17) is 0 Å². The molecule has 2 fully saturated rings. The van der Waals surface area contributed by atoms with Crippen LogP contribution in [-0.2, 0) is 4.79 Å². The third-order valence-corrected chi connectivity index (χ3v) is 4.51. The average Bonchev–Trinajstić information content (AvgIpc) is 2.79. The predicted octanol–water partition coefficient (Wildman–Crippen LogP) is 2.21. The van der Waals surface area contributed by atoms with Crippen molar-refractivity contribution in [2.24, 2.45) is 5.92 Å². The van der Waals surface area contributed by atoms with Gasteiger partial charge in [0.15, 0.2) is 0 Å². The lowest BCUT2D eigenvalue weighted by Gasteiger charge is -2.24. The molecule has 0 spiro atoms. The normalized spacial score (nSPS) is 32.5. The summed E-state index contributed by atoms with van der Waals surface area (Å²) in [5, 5.41) is 6.70. The highest BCUT2D eigenvalue weighted by Gasteiger charge is 2.38. The number of nitrogens with one attached hydrogen (secondary N) is 2. The molecule has 0 aromatic rings. The lowest BCUT2D eigenvalue weighted by atomic mass is 9.85. The van der Waals surface area contributed by atoms with Gasteiger partial charge in [0.1, 0.15) is 0 Å². The summed E-state index contributed by atoms with van der Waals surface area (Å²) in [7, 11) is 0. The summed E-state index contributed by atoms with van der Waals surface area (Å²) in [6.45, 7) is 4.27. The van der Waals surface area contributed by atoms with Gasteiger partial charge < -0.3 is 10.6 Å².